The number of nitrogens with zero attached hydrogens (tertiary/aromatic N) is 1. The molecular weight excluding hydrogens is 200 g/mol. The zero-order valence-electron chi connectivity index (χ0n) is 11.5. The van der Waals surface area contributed by atoms with Gasteiger partial charge in [-0.2, -0.15) is 0 Å². The minimum absolute atomic E-state index is 0.614. The summed E-state index contributed by atoms with van der Waals surface area (Å²) in [4.78, 5) is 2.58. The quantitative estimate of drug-likeness (QED) is 0.625. The summed E-state index contributed by atoms with van der Waals surface area (Å²) in [7, 11) is 1.77. The van der Waals surface area contributed by atoms with Crippen molar-refractivity contribution in [1.29, 1.82) is 0 Å². The molecule has 0 bridgehead atoms. The molecule has 0 amide bonds. The predicted octanol–water partition coefficient (Wildman–Crippen LogP) is 2.25. The van der Waals surface area contributed by atoms with Crippen LogP contribution in [0.4, 0.5) is 0 Å². The lowest BCUT2D eigenvalue weighted by Crippen LogP contribution is -2.43. The summed E-state index contributed by atoms with van der Waals surface area (Å²) in [6, 6.07) is 1.30. The Morgan fingerprint density at radius 1 is 1.25 bits per heavy atom. The van der Waals surface area contributed by atoms with Gasteiger partial charge in [0.05, 0.1) is 6.61 Å². The number of methoxy groups -OCH3 is 1. The maximum Gasteiger partial charge on any atom is 0.0589 e. The topological polar surface area (TPSA) is 38.5 Å². The monoisotopic (exact) mass is 230 g/mol. The van der Waals surface area contributed by atoms with Crippen molar-refractivity contribution in [2.45, 2.75) is 58.5 Å². The summed E-state index contributed by atoms with van der Waals surface area (Å²) in [5, 5.41) is 0. The van der Waals surface area contributed by atoms with E-state index in [1.807, 2.05) is 0 Å². The largest absolute Gasteiger partial charge is 0.383 e. The third-order valence-electron chi connectivity index (χ3n) is 3.36. The highest BCUT2D eigenvalue weighted by atomic mass is 16.5. The van der Waals surface area contributed by atoms with Gasteiger partial charge >= 0.3 is 0 Å². The minimum atomic E-state index is 0.614. The lowest BCUT2D eigenvalue weighted by Gasteiger charge is -2.35. The molecule has 0 aromatic heterocycles. The second-order valence-electron chi connectivity index (χ2n) is 4.48. The zero-order chi connectivity index (χ0) is 12.4. The molecule has 0 heterocycles. The normalized spacial score (nSPS) is 13.7. The molecule has 1 unspecified atom stereocenters. The van der Waals surface area contributed by atoms with Crippen molar-refractivity contribution in [2.24, 2.45) is 5.73 Å². The van der Waals surface area contributed by atoms with E-state index in [1.54, 1.807) is 7.11 Å². The van der Waals surface area contributed by atoms with Crippen LogP contribution in [0.2, 0.25) is 0 Å². The van der Waals surface area contributed by atoms with Crippen molar-refractivity contribution in [3.8, 4) is 0 Å². The van der Waals surface area contributed by atoms with Crippen LogP contribution in [0, 0.1) is 0 Å². The van der Waals surface area contributed by atoms with Crippen molar-refractivity contribution >= 4 is 0 Å². The van der Waals surface area contributed by atoms with Gasteiger partial charge < -0.3 is 10.5 Å². The Hall–Kier alpha value is -0.120. The van der Waals surface area contributed by atoms with E-state index in [-0.39, 0.29) is 0 Å². The molecule has 0 aliphatic rings. The fourth-order valence-electron chi connectivity index (χ4n) is 2.30. The van der Waals surface area contributed by atoms with Crippen LogP contribution >= 0.6 is 0 Å². The molecule has 98 valence electrons. The first-order chi connectivity index (χ1) is 7.71. The van der Waals surface area contributed by atoms with Crippen molar-refractivity contribution in [2.75, 3.05) is 26.8 Å². The van der Waals surface area contributed by atoms with Crippen molar-refractivity contribution in [3.63, 3.8) is 0 Å². The molecule has 0 aliphatic heterocycles. The molecule has 0 rings (SSSR count). The number of nitrogens with two attached hydrogens (primary N) is 1. The lowest BCUT2D eigenvalue weighted by atomic mass is 10.0. The molecule has 3 heteroatoms. The van der Waals surface area contributed by atoms with Crippen LogP contribution in [0.1, 0.15) is 46.5 Å². The van der Waals surface area contributed by atoms with Crippen LogP contribution in [-0.4, -0.2) is 43.8 Å². The van der Waals surface area contributed by atoms with Gasteiger partial charge in [0, 0.05) is 25.7 Å². The van der Waals surface area contributed by atoms with Gasteiger partial charge in [0.15, 0.2) is 0 Å². The fourth-order valence-corrected chi connectivity index (χ4v) is 2.30. The van der Waals surface area contributed by atoms with Crippen molar-refractivity contribution < 1.29 is 4.74 Å². The molecule has 0 saturated carbocycles. The molecule has 0 saturated heterocycles. The third kappa shape index (κ3) is 5.83. The Labute approximate surface area is 101 Å². The van der Waals surface area contributed by atoms with Crippen LogP contribution < -0.4 is 5.73 Å². The summed E-state index contributed by atoms with van der Waals surface area (Å²) in [5.41, 5.74) is 5.57. The maximum atomic E-state index is 5.57. The van der Waals surface area contributed by atoms with Crippen LogP contribution in [-0.2, 0) is 4.74 Å². The van der Waals surface area contributed by atoms with E-state index in [0.29, 0.717) is 12.1 Å². The summed E-state index contributed by atoms with van der Waals surface area (Å²) < 4.78 is 5.20. The van der Waals surface area contributed by atoms with Gasteiger partial charge in [-0.25, -0.2) is 0 Å². The van der Waals surface area contributed by atoms with Gasteiger partial charge in [-0.1, -0.05) is 13.8 Å². The van der Waals surface area contributed by atoms with E-state index >= 15 is 0 Å². The average Bonchev–Trinajstić information content (AvgIpc) is 2.31. The van der Waals surface area contributed by atoms with E-state index in [9.17, 15) is 0 Å². The molecule has 2 N–H and O–H groups in total. The van der Waals surface area contributed by atoms with Crippen molar-refractivity contribution in [3.05, 3.63) is 0 Å². The van der Waals surface area contributed by atoms with E-state index in [4.69, 9.17) is 10.5 Å². The van der Waals surface area contributed by atoms with Gasteiger partial charge in [0.25, 0.3) is 0 Å². The Morgan fingerprint density at radius 3 is 2.31 bits per heavy atom. The zero-order valence-corrected chi connectivity index (χ0v) is 11.5. The highest BCUT2D eigenvalue weighted by molar-refractivity contribution is 4.75. The van der Waals surface area contributed by atoms with E-state index in [2.05, 4.69) is 25.7 Å². The van der Waals surface area contributed by atoms with E-state index in [1.165, 1.54) is 19.3 Å². The molecule has 0 aliphatic carbocycles. The summed E-state index contributed by atoms with van der Waals surface area (Å²) >= 11 is 0. The standard InChI is InChI=1S/C13H30N2O/c1-5-13(6-2)15(10-11-16-4)12(3)8-7-9-14/h12-13H,5-11,14H2,1-4H3. The molecule has 1 atom stereocenters. The summed E-state index contributed by atoms with van der Waals surface area (Å²) in [6.45, 7) is 9.50. The van der Waals surface area contributed by atoms with Gasteiger partial charge in [0.2, 0.25) is 0 Å². The van der Waals surface area contributed by atoms with Crippen LogP contribution in [0.3, 0.4) is 0 Å². The first-order valence-corrected chi connectivity index (χ1v) is 6.65. The van der Waals surface area contributed by atoms with Gasteiger partial charge in [-0.05, 0) is 39.2 Å². The fraction of sp³-hybridized carbons (Fsp3) is 1.00. The van der Waals surface area contributed by atoms with Gasteiger partial charge in [-0.15, -0.1) is 0 Å². The maximum absolute atomic E-state index is 5.57. The SMILES string of the molecule is CCC(CC)N(CCOC)C(C)CCCN. The Bertz CT molecular complexity index is 149. The second kappa shape index (κ2) is 10.1. The molecule has 0 spiro atoms. The first kappa shape index (κ1) is 15.9. The van der Waals surface area contributed by atoms with Gasteiger partial charge in [-0.3, -0.25) is 4.90 Å². The molecule has 0 aromatic rings. The number of rotatable bonds is 10. The number of ether oxygens (including phenoxy) is 1. The number of hydrogen-bond acceptors (Lipinski definition) is 3. The molecule has 16 heavy (non-hydrogen) atoms. The van der Waals surface area contributed by atoms with Crippen LogP contribution in [0.25, 0.3) is 0 Å². The van der Waals surface area contributed by atoms with Crippen molar-refractivity contribution in [1.82, 2.24) is 4.90 Å². The summed E-state index contributed by atoms with van der Waals surface area (Å²) in [6.07, 6.45) is 4.74. The summed E-state index contributed by atoms with van der Waals surface area (Å²) in [5.74, 6) is 0. The average molecular weight is 230 g/mol. The highest BCUT2D eigenvalue weighted by Gasteiger charge is 2.20. The lowest BCUT2D eigenvalue weighted by molar-refractivity contribution is 0.0817. The second-order valence-corrected chi connectivity index (χ2v) is 4.48. The Balaban J connectivity index is 4.25. The van der Waals surface area contributed by atoms with Gasteiger partial charge in [0.1, 0.15) is 0 Å². The Morgan fingerprint density at radius 2 is 1.88 bits per heavy atom. The molecule has 0 fully saturated rings. The minimum Gasteiger partial charge on any atom is -0.383 e. The smallest absolute Gasteiger partial charge is 0.0589 e. The number of hydrogen-bond donors (Lipinski definition) is 1. The van der Waals surface area contributed by atoms with Crippen LogP contribution in [0.15, 0.2) is 0 Å². The first-order valence-electron chi connectivity index (χ1n) is 6.65. The molecular formula is C13H30N2O. The van der Waals surface area contributed by atoms with E-state index < -0.39 is 0 Å². The Kier molecular flexibility index (Phi) is 9.99. The molecule has 0 aromatic carbocycles. The third-order valence-corrected chi connectivity index (χ3v) is 3.36. The highest BCUT2D eigenvalue weighted by Crippen LogP contribution is 2.15. The molecule has 0 radical (unpaired) electrons. The predicted molar refractivity (Wildman–Crippen MR) is 70.7 cm³/mol. The molecule has 3 nitrogen and oxygen atoms in total. The van der Waals surface area contributed by atoms with Crippen LogP contribution in [0.5, 0.6) is 0 Å². The van der Waals surface area contributed by atoms with E-state index in [0.717, 1.165) is 26.1 Å².